The Morgan fingerprint density at radius 2 is 2.04 bits per heavy atom. The lowest BCUT2D eigenvalue weighted by Crippen LogP contribution is -2.43. The second-order valence-electron chi connectivity index (χ2n) is 8.28. The van der Waals surface area contributed by atoms with Gasteiger partial charge in [-0.05, 0) is 76.7 Å². The Balaban J connectivity index is 1.41. The molecule has 0 radical (unpaired) electrons. The van der Waals surface area contributed by atoms with Crippen molar-refractivity contribution < 1.29 is 9.35 Å². The van der Waals surface area contributed by atoms with Gasteiger partial charge in [0.2, 0.25) is 5.91 Å². The molecule has 0 heterocycles. The summed E-state index contributed by atoms with van der Waals surface area (Å²) in [6, 6.07) is 0.289. The minimum Gasteiger partial charge on any atom is -0.598 e. The van der Waals surface area contributed by atoms with Crippen molar-refractivity contribution in [2.24, 2.45) is 11.8 Å². The van der Waals surface area contributed by atoms with E-state index in [1.54, 1.807) is 5.57 Å². The smallest absolute Gasteiger partial charge is 0.227 e. The van der Waals surface area contributed by atoms with Gasteiger partial charge in [0, 0.05) is 23.0 Å². The predicted octanol–water partition coefficient (Wildman–Crippen LogP) is 4.12. The Morgan fingerprint density at radius 3 is 2.77 bits per heavy atom. The van der Waals surface area contributed by atoms with Gasteiger partial charge in [-0.2, -0.15) is 0 Å². The van der Waals surface area contributed by atoms with Gasteiger partial charge >= 0.3 is 0 Å². The number of hydrogen-bond donors (Lipinski definition) is 2. The van der Waals surface area contributed by atoms with Crippen molar-refractivity contribution >= 4 is 17.3 Å². The van der Waals surface area contributed by atoms with Crippen molar-refractivity contribution in [1.82, 2.24) is 10.0 Å². The molecule has 0 aliphatic heterocycles. The Kier molecular flexibility index (Phi) is 7.24. The third kappa shape index (κ3) is 5.14. The molecule has 146 valence electrons. The number of fused-ring (bicyclic) bond motifs is 1. The molecule has 3 aliphatic rings. The normalized spacial score (nSPS) is 30.8. The monoisotopic (exact) mass is 378 g/mol. The fourth-order valence-electron chi connectivity index (χ4n) is 4.56. The number of nitrogens with one attached hydrogen (secondary N) is 2. The molecule has 0 aromatic carbocycles. The molecule has 1 amide bonds. The molecular formula is C21H34N2O2S. The lowest BCUT2D eigenvalue weighted by Gasteiger charge is -2.30. The first-order valence-corrected chi connectivity index (χ1v) is 11.6. The average molecular weight is 379 g/mol. The van der Waals surface area contributed by atoms with E-state index in [1.165, 1.54) is 19.3 Å². The van der Waals surface area contributed by atoms with Crippen LogP contribution in [0.4, 0.5) is 0 Å². The minimum atomic E-state index is -0.959. The highest BCUT2D eigenvalue weighted by Gasteiger charge is 2.31. The Morgan fingerprint density at radius 1 is 1.27 bits per heavy atom. The summed E-state index contributed by atoms with van der Waals surface area (Å²) in [5.41, 5.74) is 2.67. The molecule has 3 rings (SSSR count). The van der Waals surface area contributed by atoms with Crippen LogP contribution in [0.15, 0.2) is 23.4 Å². The summed E-state index contributed by atoms with van der Waals surface area (Å²) in [7, 11) is 0. The van der Waals surface area contributed by atoms with E-state index in [9.17, 15) is 9.35 Å². The molecular weight excluding hydrogens is 344 g/mol. The van der Waals surface area contributed by atoms with Crippen LogP contribution in [0.3, 0.4) is 0 Å². The summed E-state index contributed by atoms with van der Waals surface area (Å²) in [5, 5.41) is 3.39. The molecule has 5 heteroatoms. The standard InChI is InChI=1S/C21H34N2O2S/c1-3-5-15(2)26(25)23-19-11-9-17(10-12-19)21(24)22-20-13-8-16-6-4-7-18(16)14-20/h8,13,15,17-19,23H,3-7,9-12,14H2,1-2H3,(H,22,24). The highest BCUT2D eigenvalue weighted by Crippen LogP contribution is 2.37. The summed E-state index contributed by atoms with van der Waals surface area (Å²) in [6.45, 7) is 4.18. The summed E-state index contributed by atoms with van der Waals surface area (Å²) in [4.78, 5) is 12.6. The highest BCUT2D eigenvalue weighted by atomic mass is 32.2. The van der Waals surface area contributed by atoms with Gasteiger partial charge in [-0.25, -0.2) is 0 Å². The fourth-order valence-corrected chi connectivity index (χ4v) is 5.80. The third-order valence-electron chi connectivity index (χ3n) is 6.23. The molecule has 0 aromatic heterocycles. The number of carbonyl (C=O) groups excluding carboxylic acids is 1. The quantitative estimate of drug-likeness (QED) is 0.655. The average Bonchev–Trinajstić information content (AvgIpc) is 3.10. The van der Waals surface area contributed by atoms with Crippen LogP contribution in [-0.4, -0.2) is 21.8 Å². The van der Waals surface area contributed by atoms with Crippen molar-refractivity contribution in [3.8, 4) is 0 Å². The zero-order chi connectivity index (χ0) is 18.5. The first-order valence-electron chi connectivity index (χ1n) is 10.4. The number of amides is 1. The van der Waals surface area contributed by atoms with Crippen LogP contribution in [0.2, 0.25) is 0 Å². The molecule has 26 heavy (non-hydrogen) atoms. The van der Waals surface area contributed by atoms with E-state index in [2.05, 4.69) is 29.1 Å². The van der Waals surface area contributed by atoms with Crippen LogP contribution in [0, 0.1) is 11.8 Å². The molecule has 0 spiro atoms. The first-order chi connectivity index (χ1) is 12.6. The number of rotatable bonds is 7. The summed E-state index contributed by atoms with van der Waals surface area (Å²) in [6.07, 6.45) is 14.8. The molecule has 2 fully saturated rings. The van der Waals surface area contributed by atoms with Gasteiger partial charge in [-0.3, -0.25) is 4.79 Å². The summed E-state index contributed by atoms with van der Waals surface area (Å²) in [5.74, 6) is 0.949. The molecule has 2 N–H and O–H groups in total. The largest absolute Gasteiger partial charge is 0.598 e. The molecule has 3 atom stereocenters. The molecule has 4 nitrogen and oxygen atoms in total. The lowest BCUT2D eigenvalue weighted by molar-refractivity contribution is -0.125. The van der Waals surface area contributed by atoms with E-state index in [4.69, 9.17) is 0 Å². The SMILES string of the molecule is CCCC(C)[S+]([O-])NC1CCC(C(=O)NC2=CC=C3CCCC3C2)CC1. The Labute approximate surface area is 161 Å². The number of hydrogen-bond acceptors (Lipinski definition) is 3. The first kappa shape index (κ1) is 20.0. The number of carbonyl (C=O) groups is 1. The molecule has 0 aromatic rings. The maximum atomic E-state index is 12.6. The van der Waals surface area contributed by atoms with Gasteiger partial charge in [-0.15, -0.1) is 4.72 Å². The van der Waals surface area contributed by atoms with Crippen LogP contribution in [-0.2, 0) is 16.2 Å². The van der Waals surface area contributed by atoms with Gasteiger partial charge in [-0.1, -0.05) is 25.0 Å². The van der Waals surface area contributed by atoms with Crippen LogP contribution in [0.25, 0.3) is 0 Å². The molecule has 0 bridgehead atoms. The third-order valence-corrected chi connectivity index (χ3v) is 7.76. The van der Waals surface area contributed by atoms with Crippen LogP contribution in [0.5, 0.6) is 0 Å². The predicted molar refractivity (Wildman–Crippen MR) is 108 cm³/mol. The topological polar surface area (TPSA) is 64.2 Å². The maximum Gasteiger partial charge on any atom is 0.227 e. The summed E-state index contributed by atoms with van der Waals surface area (Å²) < 4.78 is 15.6. The fraction of sp³-hybridized carbons (Fsp3) is 0.762. The lowest BCUT2D eigenvalue weighted by atomic mass is 9.85. The molecule has 0 saturated heterocycles. The van der Waals surface area contributed by atoms with Gasteiger partial charge in [0.25, 0.3) is 0 Å². The van der Waals surface area contributed by atoms with E-state index >= 15 is 0 Å². The van der Waals surface area contributed by atoms with Crippen LogP contribution >= 0.6 is 0 Å². The van der Waals surface area contributed by atoms with E-state index in [-0.39, 0.29) is 23.1 Å². The van der Waals surface area contributed by atoms with Gasteiger partial charge in [0.1, 0.15) is 5.25 Å². The molecule has 3 unspecified atom stereocenters. The van der Waals surface area contributed by atoms with E-state index in [0.717, 1.165) is 50.6 Å². The van der Waals surface area contributed by atoms with Crippen molar-refractivity contribution in [2.75, 3.05) is 0 Å². The van der Waals surface area contributed by atoms with Gasteiger partial charge < -0.3 is 9.87 Å². The van der Waals surface area contributed by atoms with Crippen molar-refractivity contribution in [3.63, 3.8) is 0 Å². The molecule has 3 aliphatic carbocycles. The van der Waals surface area contributed by atoms with Crippen molar-refractivity contribution in [2.45, 2.75) is 89.3 Å². The van der Waals surface area contributed by atoms with Crippen molar-refractivity contribution in [1.29, 1.82) is 0 Å². The van der Waals surface area contributed by atoms with Crippen LogP contribution < -0.4 is 10.0 Å². The van der Waals surface area contributed by atoms with Crippen LogP contribution in [0.1, 0.15) is 78.1 Å². The Bertz CT molecular complexity index is 552. The minimum absolute atomic E-state index is 0.101. The maximum absolute atomic E-state index is 12.6. The zero-order valence-electron chi connectivity index (χ0n) is 16.3. The zero-order valence-corrected chi connectivity index (χ0v) is 17.1. The van der Waals surface area contributed by atoms with E-state index < -0.39 is 11.4 Å². The van der Waals surface area contributed by atoms with Gasteiger partial charge in [0.05, 0.1) is 6.04 Å². The van der Waals surface area contributed by atoms with Crippen molar-refractivity contribution in [3.05, 3.63) is 23.4 Å². The van der Waals surface area contributed by atoms with Gasteiger partial charge in [0.15, 0.2) is 0 Å². The van der Waals surface area contributed by atoms with E-state index in [0.29, 0.717) is 5.92 Å². The van der Waals surface area contributed by atoms with E-state index in [1.807, 2.05) is 6.92 Å². The molecule has 2 saturated carbocycles. The number of allylic oxidation sites excluding steroid dienone is 4. The second kappa shape index (κ2) is 9.43. The highest BCUT2D eigenvalue weighted by molar-refractivity contribution is 7.90. The second-order valence-corrected chi connectivity index (χ2v) is 9.91. The summed E-state index contributed by atoms with van der Waals surface area (Å²) >= 11 is -0.959. The Hall–Kier alpha value is -0.780.